The van der Waals surface area contributed by atoms with E-state index in [1.165, 1.54) is 10.4 Å². The molecule has 0 saturated carbocycles. The number of thiophene rings is 1. The first-order valence-electron chi connectivity index (χ1n) is 6.85. The second kappa shape index (κ2) is 6.69. The number of rotatable bonds is 5. The maximum atomic E-state index is 12.2. The van der Waals surface area contributed by atoms with Crippen LogP contribution in [0.25, 0.3) is 0 Å². The summed E-state index contributed by atoms with van der Waals surface area (Å²) in [6.07, 6.45) is 0.749. The van der Waals surface area contributed by atoms with Crippen LogP contribution < -0.4 is 16.6 Å². The number of nitrogens with zero attached hydrogens (tertiary/aromatic N) is 1. The number of carbonyl (C=O) groups excluding carboxylic acids is 1. The number of aryl methyl sites for hydroxylation is 3. The molecule has 2 rings (SSSR count). The first kappa shape index (κ1) is 15.5. The molecule has 0 radical (unpaired) electrons. The zero-order valence-electron chi connectivity index (χ0n) is 12.5. The van der Waals surface area contributed by atoms with Gasteiger partial charge in [-0.3, -0.25) is 4.79 Å². The Hall–Kier alpha value is -1.92. The molecule has 2 aromatic rings. The van der Waals surface area contributed by atoms with Crippen LogP contribution in [0.5, 0.6) is 0 Å². The van der Waals surface area contributed by atoms with Crippen LogP contribution in [0.2, 0.25) is 0 Å². The number of aromatic nitrogens is 1. The number of amides is 1. The maximum Gasteiger partial charge on any atom is 0.251 e. The van der Waals surface area contributed by atoms with Gasteiger partial charge in [0.2, 0.25) is 0 Å². The number of carbonyl (C=O) groups is 1. The first-order chi connectivity index (χ1) is 10.0. The SMILES string of the molecule is CCc1cc(C(=O)NCc2cc(C)c(C)s2)cc(NN)n1. The molecule has 0 aromatic carbocycles. The minimum absolute atomic E-state index is 0.118. The number of nitrogens with two attached hydrogens (primary N) is 1. The van der Waals surface area contributed by atoms with Crippen LogP contribution in [0.3, 0.4) is 0 Å². The van der Waals surface area contributed by atoms with Crippen molar-refractivity contribution in [3.05, 3.63) is 44.8 Å². The van der Waals surface area contributed by atoms with Crippen LogP contribution in [0.4, 0.5) is 5.82 Å². The van der Waals surface area contributed by atoms with Gasteiger partial charge < -0.3 is 10.7 Å². The van der Waals surface area contributed by atoms with Crippen molar-refractivity contribution >= 4 is 23.1 Å². The Bertz CT molecular complexity index is 609. The fourth-order valence-corrected chi connectivity index (χ4v) is 2.97. The average molecular weight is 304 g/mol. The van der Waals surface area contributed by atoms with E-state index in [0.717, 1.165) is 17.0 Å². The van der Waals surface area contributed by atoms with Gasteiger partial charge in [-0.25, -0.2) is 10.8 Å². The summed E-state index contributed by atoms with van der Waals surface area (Å²) in [7, 11) is 0. The van der Waals surface area contributed by atoms with E-state index in [-0.39, 0.29) is 5.91 Å². The Kier molecular flexibility index (Phi) is 4.93. The molecule has 2 aromatic heterocycles. The lowest BCUT2D eigenvalue weighted by molar-refractivity contribution is 0.0951. The number of hydrogen-bond donors (Lipinski definition) is 3. The van der Waals surface area contributed by atoms with Crippen LogP contribution in [0, 0.1) is 13.8 Å². The molecule has 0 fully saturated rings. The molecular formula is C15H20N4OS. The van der Waals surface area contributed by atoms with Gasteiger partial charge in [0.25, 0.3) is 5.91 Å². The second-order valence-corrected chi connectivity index (χ2v) is 6.21. The van der Waals surface area contributed by atoms with Crippen molar-refractivity contribution < 1.29 is 4.79 Å². The lowest BCUT2D eigenvalue weighted by Gasteiger charge is -2.08. The van der Waals surface area contributed by atoms with E-state index in [0.29, 0.717) is 17.9 Å². The Morgan fingerprint density at radius 3 is 2.67 bits per heavy atom. The predicted octanol–water partition coefficient (Wildman–Crippen LogP) is 2.54. The quantitative estimate of drug-likeness (QED) is 0.586. The third kappa shape index (κ3) is 3.80. The highest BCUT2D eigenvalue weighted by atomic mass is 32.1. The predicted molar refractivity (Wildman–Crippen MR) is 86.4 cm³/mol. The highest BCUT2D eigenvalue weighted by Gasteiger charge is 2.10. The number of anilines is 1. The van der Waals surface area contributed by atoms with Crippen LogP contribution in [0.1, 0.15) is 38.3 Å². The molecule has 0 spiro atoms. The van der Waals surface area contributed by atoms with E-state index >= 15 is 0 Å². The van der Waals surface area contributed by atoms with Crippen molar-refractivity contribution in [1.82, 2.24) is 10.3 Å². The third-order valence-electron chi connectivity index (χ3n) is 3.29. The van der Waals surface area contributed by atoms with E-state index in [1.54, 1.807) is 23.5 Å². The monoisotopic (exact) mass is 304 g/mol. The van der Waals surface area contributed by atoms with Gasteiger partial charge in [-0.05, 0) is 44.0 Å². The topological polar surface area (TPSA) is 80.0 Å². The highest BCUT2D eigenvalue weighted by molar-refractivity contribution is 7.12. The molecule has 1 amide bonds. The van der Waals surface area contributed by atoms with E-state index in [1.807, 2.05) is 6.92 Å². The average Bonchev–Trinajstić information content (AvgIpc) is 2.82. The zero-order valence-corrected chi connectivity index (χ0v) is 13.3. The van der Waals surface area contributed by atoms with Crippen molar-refractivity contribution in [1.29, 1.82) is 0 Å². The molecule has 0 aliphatic rings. The number of nitrogens with one attached hydrogen (secondary N) is 2. The minimum Gasteiger partial charge on any atom is -0.347 e. The molecular weight excluding hydrogens is 284 g/mol. The van der Waals surface area contributed by atoms with Crippen LogP contribution in [-0.4, -0.2) is 10.9 Å². The minimum atomic E-state index is -0.118. The summed E-state index contributed by atoms with van der Waals surface area (Å²) in [5.74, 6) is 5.77. The normalized spacial score (nSPS) is 10.5. The van der Waals surface area contributed by atoms with Gasteiger partial charge in [0, 0.05) is 21.0 Å². The van der Waals surface area contributed by atoms with Gasteiger partial charge in [0.15, 0.2) is 0 Å². The number of hydrazine groups is 1. The Labute approximate surface area is 128 Å². The second-order valence-electron chi connectivity index (χ2n) is 4.86. The van der Waals surface area contributed by atoms with Gasteiger partial charge in [0.1, 0.15) is 5.82 Å². The molecule has 112 valence electrons. The molecule has 5 nitrogen and oxygen atoms in total. The van der Waals surface area contributed by atoms with E-state index in [9.17, 15) is 4.79 Å². The lowest BCUT2D eigenvalue weighted by Crippen LogP contribution is -2.23. The van der Waals surface area contributed by atoms with Gasteiger partial charge in [-0.1, -0.05) is 6.92 Å². The van der Waals surface area contributed by atoms with Crippen molar-refractivity contribution in [2.75, 3.05) is 5.43 Å². The first-order valence-corrected chi connectivity index (χ1v) is 7.66. The summed E-state index contributed by atoms with van der Waals surface area (Å²) in [6.45, 7) is 6.68. The number of nitrogen functional groups attached to an aromatic ring is 1. The molecule has 0 saturated heterocycles. The molecule has 0 atom stereocenters. The molecule has 4 N–H and O–H groups in total. The fraction of sp³-hybridized carbons (Fsp3) is 0.333. The van der Waals surface area contributed by atoms with Crippen molar-refractivity contribution in [3.8, 4) is 0 Å². The third-order valence-corrected chi connectivity index (χ3v) is 4.44. The lowest BCUT2D eigenvalue weighted by atomic mass is 10.2. The van der Waals surface area contributed by atoms with Gasteiger partial charge >= 0.3 is 0 Å². The molecule has 0 unspecified atom stereocenters. The molecule has 21 heavy (non-hydrogen) atoms. The van der Waals surface area contributed by atoms with Gasteiger partial charge in [0.05, 0.1) is 6.54 Å². The van der Waals surface area contributed by atoms with Crippen molar-refractivity contribution in [2.24, 2.45) is 5.84 Å². The summed E-state index contributed by atoms with van der Waals surface area (Å²) in [4.78, 5) is 19.0. The summed E-state index contributed by atoms with van der Waals surface area (Å²) < 4.78 is 0. The van der Waals surface area contributed by atoms with E-state index < -0.39 is 0 Å². The van der Waals surface area contributed by atoms with Crippen LogP contribution in [-0.2, 0) is 13.0 Å². The number of hydrogen-bond acceptors (Lipinski definition) is 5. The molecule has 0 aliphatic carbocycles. The summed E-state index contributed by atoms with van der Waals surface area (Å²) in [5, 5.41) is 2.93. The summed E-state index contributed by atoms with van der Waals surface area (Å²) in [6, 6.07) is 5.55. The van der Waals surface area contributed by atoms with E-state index in [4.69, 9.17) is 5.84 Å². The van der Waals surface area contributed by atoms with Gasteiger partial charge in [-0.15, -0.1) is 11.3 Å². The molecule has 0 aliphatic heterocycles. The number of pyridine rings is 1. The Morgan fingerprint density at radius 2 is 2.10 bits per heavy atom. The fourth-order valence-electron chi connectivity index (χ4n) is 1.98. The van der Waals surface area contributed by atoms with E-state index in [2.05, 4.69) is 35.6 Å². The van der Waals surface area contributed by atoms with Crippen LogP contribution in [0.15, 0.2) is 18.2 Å². The smallest absolute Gasteiger partial charge is 0.251 e. The Balaban J connectivity index is 2.09. The zero-order chi connectivity index (χ0) is 15.4. The Morgan fingerprint density at radius 1 is 1.33 bits per heavy atom. The molecule has 2 heterocycles. The van der Waals surface area contributed by atoms with Crippen molar-refractivity contribution in [3.63, 3.8) is 0 Å². The summed E-state index contributed by atoms with van der Waals surface area (Å²) in [5.41, 5.74) is 5.15. The molecule has 0 bridgehead atoms. The molecule has 6 heteroatoms. The van der Waals surface area contributed by atoms with Crippen LogP contribution >= 0.6 is 11.3 Å². The van der Waals surface area contributed by atoms with Crippen molar-refractivity contribution in [2.45, 2.75) is 33.7 Å². The summed E-state index contributed by atoms with van der Waals surface area (Å²) >= 11 is 1.71. The highest BCUT2D eigenvalue weighted by Crippen LogP contribution is 2.20. The standard InChI is InChI=1S/C15H20N4OS/c1-4-12-6-11(7-14(18-12)19-16)15(20)17-8-13-5-9(2)10(3)21-13/h5-7H,4,8,16H2,1-3H3,(H,17,20)(H,18,19). The largest absolute Gasteiger partial charge is 0.347 e. The maximum absolute atomic E-state index is 12.2. The van der Waals surface area contributed by atoms with Gasteiger partial charge in [-0.2, -0.15) is 0 Å².